The fourth-order valence-corrected chi connectivity index (χ4v) is 5.89. The number of ether oxygens (including phenoxy) is 4. The molecule has 4 aromatic rings. The molecule has 1 unspecified atom stereocenters. The number of fused-ring (bicyclic) bond motifs is 1. The number of methoxy groups -OCH3 is 2. The molecule has 1 saturated heterocycles. The molecule has 6 rings (SSSR count). The third kappa shape index (κ3) is 7.29. The highest BCUT2D eigenvalue weighted by molar-refractivity contribution is 5.89. The van der Waals surface area contributed by atoms with Crippen molar-refractivity contribution >= 4 is 17.6 Å². The molecule has 4 heterocycles. The van der Waals surface area contributed by atoms with E-state index in [1.807, 2.05) is 42.5 Å². The quantitative estimate of drug-likeness (QED) is 0.226. The van der Waals surface area contributed by atoms with Crippen LogP contribution in [0.4, 0.5) is 5.82 Å². The van der Waals surface area contributed by atoms with E-state index in [9.17, 15) is 9.59 Å². The van der Waals surface area contributed by atoms with Gasteiger partial charge in [-0.15, -0.1) is 0 Å². The van der Waals surface area contributed by atoms with Crippen molar-refractivity contribution in [3.8, 4) is 28.9 Å². The summed E-state index contributed by atoms with van der Waals surface area (Å²) in [4.78, 5) is 45.2. The Morgan fingerprint density at radius 3 is 2.56 bits per heavy atom. The highest BCUT2D eigenvalue weighted by atomic mass is 16.7. The molecular weight excluding hydrogens is 614 g/mol. The van der Waals surface area contributed by atoms with E-state index >= 15 is 0 Å². The molecule has 1 atom stereocenters. The summed E-state index contributed by atoms with van der Waals surface area (Å²) in [6, 6.07) is 12.5. The number of imidazole rings is 1. The Morgan fingerprint density at radius 2 is 1.79 bits per heavy atom. The first kappa shape index (κ1) is 32.6. The minimum absolute atomic E-state index is 0.134. The second-order valence-electron chi connectivity index (χ2n) is 12.1. The summed E-state index contributed by atoms with van der Waals surface area (Å²) in [6.07, 6.45) is 6.72. The SMILES string of the molecule is COc1ccc(CCCNC(=O)C2CN(c3cc(C(C)C)nc(-n4ccnc4)n3)CCN2C(=O)Cc2ccc3c(c2)OCO3)cc1OC. The van der Waals surface area contributed by atoms with Crippen LogP contribution in [0, 0.1) is 0 Å². The Bertz CT molecular complexity index is 1750. The molecule has 0 spiro atoms. The number of rotatable bonds is 12. The van der Waals surface area contributed by atoms with Gasteiger partial charge in [0, 0.05) is 44.6 Å². The number of amides is 2. The van der Waals surface area contributed by atoms with Crippen molar-refractivity contribution in [1.82, 2.24) is 29.7 Å². The van der Waals surface area contributed by atoms with Gasteiger partial charge >= 0.3 is 0 Å². The number of nitrogens with one attached hydrogen (secondary N) is 1. The first-order chi connectivity index (χ1) is 23.3. The van der Waals surface area contributed by atoms with E-state index in [1.54, 1.807) is 42.4 Å². The molecule has 2 aliphatic heterocycles. The van der Waals surface area contributed by atoms with E-state index in [4.69, 9.17) is 28.9 Å². The molecule has 13 nitrogen and oxygen atoms in total. The van der Waals surface area contributed by atoms with Crippen LogP contribution in [0.1, 0.15) is 43.0 Å². The van der Waals surface area contributed by atoms with Crippen molar-refractivity contribution in [1.29, 1.82) is 0 Å². The maximum atomic E-state index is 13.9. The lowest BCUT2D eigenvalue weighted by molar-refractivity contribution is -0.140. The van der Waals surface area contributed by atoms with E-state index in [2.05, 4.69) is 29.0 Å². The molecular formula is C35H41N7O6. The van der Waals surface area contributed by atoms with Gasteiger partial charge < -0.3 is 34.1 Å². The summed E-state index contributed by atoms with van der Waals surface area (Å²) in [5.41, 5.74) is 2.74. The Kier molecular flexibility index (Phi) is 9.93. The number of nitrogens with zero attached hydrogens (tertiary/aromatic N) is 6. The minimum atomic E-state index is -0.726. The van der Waals surface area contributed by atoms with E-state index in [-0.39, 0.29) is 37.5 Å². The zero-order chi connectivity index (χ0) is 33.6. The molecule has 0 saturated carbocycles. The lowest BCUT2D eigenvalue weighted by Gasteiger charge is -2.41. The number of hydrogen-bond acceptors (Lipinski definition) is 10. The molecule has 48 heavy (non-hydrogen) atoms. The summed E-state index contributed by atoms with van der Waals surface area (Å²) in [7, 11) is 3.22. The van der Waals surface area contributed by atoms with Gasteiger partial charge in [0.05, 0.1) is 26.3 Å². The number of aryl methyl sites for hydroxylation is 1. The third-order valence-corrected chi connectivity index (χ3v) is 8.56. The Hall–Kier alpha value is -5.33. The van der Waals surface area contributed by atoms with Crippen molar-refractivity contribution in [2.24, 2.45) is 0 Å². The van der Waals surface area contributed by atoms with Crippen LogP contribution in [0.25, 0.3) is 5.95 Å². The summed E-state index contributed by atoms with van der Waals surface area (Å²) in [5.74, 6) is 3.63. The van der Waals surface area contributed by atoms with Crippen molar-refractivity contribution in [2.75, 3.05) is 52.1 Å². The standard InChI is InChI=1S/C35H41N7O6/c1-23(2)26-19-32(39-35(38-26)41-13-12-36-21-41)40-14-15-42(33(43)18-25-8-10-29-31(17-25)48-22-47-29)27(20-40)34(44)37-11-5-6-24-7-9-28(45-3)30(16-24)46-4/h7-10,12-13,16-17,19,21,23,27H,5-6,11,14-15,18,20,22H2,1-4H3,(H,37,44). The monoisotopic (exact) mass is 655 g/mol. The van der Waals surface area contributed by atoms with Gasteiger partial charge in [0.15, 0.2) is 23.0 Å². The lowest BCUT2D eigenvalue weighted by Crippen LogP contribution is -2.61. The van der Waals surface area contributed by atoms with Crippen LogP contribution in [-0.4, -0.2) is 89.5 Å². The number of piperazine rings is 1. The highest BCUT2D eigenvalue weighted by Gasteiger charge is 2.36. The largest absolute Gasteiger partial charge is 0.493 e. The van der Waals surface area contributed by atoms with Gasteiger partial charge in [-0.2, -0.15) is 4.98 Å². The van der Waals surface area contributed by atoms with Crippen molar-refractivity contribution in [2.45, 2.75) is 45.1 Å². The number of hydrogen-bond donors (Lipinski definition) is 1. The maximum Gasteiger partial charge on any atom is 0.244 e. The zero-order valence-electron chi connectivity index (χ0n) is 27.7. The van der Waals surface area contributed by atoms with Crippen LogP contribution >= 0.6 is 0 Å². The van der Waals surface area contributed by atoms with Gasteiger partial charge in [0.1, 0.15) is 18.2 Å². The smallest absolute Gasteiger partial charge is 0.244 e. The number of anilines is 1. The van der Waals surface area contributed by atoms with Gasteiger partial charge in [-0.1, -0.05) is 26.0 Å². The molecule has 2 aromatic carbocycles. The molecule has 1 N–H and O–H groups in total. The van der Waals surface area contributed by atoms with Crippen LogP contribution in [0.3, 0.4) is 0 Å². The van der Waals surface area contributed by atoms with Gasteiger partial charge in [-0.25, -0.2) is 9.97 Å². The first-order valence-corrected chi connectivity index (χ1v) is 16.1. The third-order valence-electron chi connectivity index (χ3n) is 8.56. The van der Waals surface area contributed by atoms with Crippen LogP contribution in [0.2, 0.25) is 0 Å². The first-order valence-electron chi connectivity index (χ1n) is 16.1. The molecule has 0 radical (unpaired) electrons. The van der Waals surface area contributed by atoms with E-state index < -0.39 is 6.04 Å². The molecule has 13 heteroatoms. The molecule has 0 aliphatic carbocycles. The molecule has 252 valence electrons. The predicted molar refractivity (Wildman–Crippen MR) is 178 cm³/mol. The summed E-state index contributed by atoms with van der Waals surface area (Å²) < 4.78 is 23.5. The summed E-state index contributed by atoms with van der Waals surface area (Å²) >= 11 is 0. The predicted octanol–water partition coefficient (Wildman–Crippen LogP) is 3.54. The second-order valence-corrected chi connectivity index (χ2v) is 12.1. The maximum absolute atomic E-state index is 13.9. The second kappa shape index (κ2) is 14.6. The number of aromatic nitrogens is 4. The average Bonchev–Trinajstić information content (AvgIpc) is 3.82. The fraction of sp³-hybridized carbons (Fsp3) is 0.400. The minimum Gasteiger partial charge on any atom is -0.493 e. The van der Waals surface area contributed by atoms with Gasteiger partial charge in [0.2, 0.25) is 24.6 Å². The zero-order valence-corrected chi connectivity index (χ0v) is 27.7. The Labute approximate surface area is 279 Å². The van der Waals surface area contributed by atoms with Gasteiger partial charge in [-0.3, -0.25) is 14.2 Å². The van der Waals surface area contributed by atoms with E-state index in [0.717, 1.165) is 23.2 Å². The van der Waals surface area contributed by atoms with Crippen molar-refractivity contribution < 1.29 is 28.5 Å². The fourth-order valence-electron chi connectivity index (χ4n) is 5.89. The topological polar surface area (TPSA) is 133 Å². The number of benzene rings is 2. The summed E-state index contributed by atoms with van der Waals surface area (Å²) in [5, 5.41) is 3.09. The van der Waals surface area contributed by atoms with Crippen molar-refractivity contribution in [3.05, 3.63) is 78.0 Å². The van der Waals surface area contributed by atoms with Gasteiger partial charge in [-0.05, 0) is 54.2 Å². The number of carbonyl (C=O) groups is 2. The molecule has 2 aromatic heterocycles. The average molecular weight is 656 g/mol. The van der Waals surface area contributed by atoms with Crippen LogP contribution < -0.4 is 29.2 Å². The van der Waals surface area contributed by atoms with Crippen molar-refractivity contribution in [3.63, 3.8) is 0 Å². The van der Waals surface area contributed by atoms with Crippen LogP contribution in [0.15, 0.2) is 61.2 Å². The summed E-state index contributed by atoms with van der Waals surface area (Å²) in [6.45, 7) is 5.91. The molecule has 0 bridgehead atoms. The lowest BCUT2D eigenvalue weighted by atomic mass is 10.1. The Balaban J connectivity index is 1.19. The highest BCUT2D eigenvalue weighted by Crippen LogP contribution is 2.33. The van der Waals surface area contributed by atoms with Gasteiger partial charge in [0.25, 0.3) is 0 Å². The Morgan fingerprint density at radius 1 is 0.979 bits per heavy atom. The van der Waals surface area contributed by atoms with E-state index in [1.165, 1.54) is 0 Å². The molecule has 2 amide bonds. The molecule has 1 fully saturated rings. The molecule has 2 aliphatic rings. The van der Waals surface area contributed by atoms with Crippen LogP contribution in [-0.2, 0) is 22.4 Å². The normalized spacial score (nSPS) is 15.5. The van der Waals surface area contributed by atoms with Crippen LogP contribution in [0.5, 0.6) is 23.0 Å². The van der Waals surface area contributed by atoms with E-state index in [0.29, 0.717) is 60.8 Å². The number of carbonyl (C=O) groups excluding carboxylic acids is 2.